The summed E-state index contributed by atoms with van der Waals surface area (Å²) < 4.78 is 2.65. The average molecular weight is 402 g/mol. The van der Waals surface area contributed by atoms with Crippen molar-refractivity contribution in [2.75, 3.05) is 5.32 Å². The number of anilines is 1. The van der Waals surface area contributed by atoms with Gasteiger partial charge in [-0.2, -0.15) is 0 Å². The molecule has 4 rings (SSSR count). The van der Waals surface area contributed by atoms with E-state index < -0.39 is 11.2 Å². The Bertz CT molecular complexity index is 1370. The standard InChI is InChI=1S/C23H22N4O3/c1-4-15-7-5-6-8-18(15)24-21(28)17-13-26(3)20-19(17)25-23(30)27(22(20)29)16-11-9-14(2)10-12-16/h5-13H,4H2,1-3H3,(H,24,28)(H,25,30). The Morgan fingerprint density at radius 3 is 2.47 bits per heavy atom. The molecule has 7 nitrogen and oxygen atoms in total. The van der Waals surface area contributed by atoms with Crippen LogP contribution in [0.5, 0.6) is 0 Å². The van der Waals surface area contributed by atoms with Gasteiger partial charge in [0.2, 0.25) is 0 Å². The molecule has 7 heteroatoms. The average Bonchev–Trinajstić information content (AvgIpc) is 3.06. The van der Waals surface area contributed by atoms with E-state index in [9.17, 15) is 14.4 Å². The molecule has 0 saturated heterocycles. The van der Waals surface area contributed by atoms with Gasteiger partial charge in [-0.15, -0.1) is 0 Å². The lowest BCUT2D eigenvalue weighted by molar-refractivity contribution is 0.102. The maximum Gasteiger partial charge on any atom is 0.333 e. The number of hydrogen-bond donors (Lipinski definition) is 2. The molecule has 0 unspecified atom stereocenters. The van der Waals surface area contributed by atoms with Gasteiger partial charge in [0.15, 0.2) is 0 Å². The lowest BCUT2D eigenvalue weighted by Crippen LogP contribution is -2.34. The van der Waals surface area contributed by atoms with Gasteiger partial charge in [-0.3, -0.25) is 9.59 Å². The number of carbonyl (C=O) groups is 1. The van der Waals surface area contributed by atoms with Crippen LogP contribution in [0.25, 0.3) is 16.7 Å². The largest absolute Gasteiger partial charge is 0.344 e. The Hall–Kier alpha value is -3.87. The molecule has 0 saturated carbocycles. The van der Waals surface area contributed by atoms with Crippen LogP contribution in [0, 0.1) is 6.92 Å². The fraction of sp³-hybridized carbons (Fsp3) is 0.174. The number of H-pyrrole nitrogens is 1. The zero-order chi connectivity index (χ0) is 21.4. The third kappa shape index (κ3) is 3.24. The van der Waals surface area contributed by atoms with Crippen molar-refractivity contribution in [1.82, 2.24) is 14.1 Å². The molecule has 0 aliphatic carbocycles. The van der Waals surface area contributed by atoms with Crippen LogP contribution in [0.1, 0.15) is 28.4 Å². The summed E-state index contributed by atoms with van der Waals surface area (Å²) in [5.41, 5.74) is 2.85. The molecule has 2 heterocycles. The summed E-state index contributed by atoms with van der Waals surface area (Å²) in [6.07, 6.45) is 2.33. The minimum Gasteiger partial charge on any atom is -0.344 e. The number of aromatic amines is 1. The van der Waals surface area contributed by atoms with E-state index in [1.807, 2.05) is 50.2 Å². The molecule has 0 aliphatic rings. The molecular formula is C23H22N4O3. The predicted molar refractivity (Wildman–Crippen MR) is 118 cm³/mol. The molecule has 0 spiro atoms. The Morgan fingerprint density at radius 1 is 1.07 bits per heavy atom. The number of benzene rings is 2. The molecule has 4 aromatic rings. The maximum atomic E-state index is 13.1. The molecule has 2 aromatic carbocycles. The molecule has 0 bridgehead atoms. The van der Waals surface area contributed by atoms with Gasteiger partial charge in [-0.05, 0) is 37.1 Å². The number of nitrogens with zero attached hydrogens (tertiary/aromatic N) is 2. The summed E-state index contributed by atoms with van der Waals surface area (Å²) in [7, 11) is 1.68. The van der Waals surface area contributed by atoms with E-state index in [0.29, 0.717) is 11.4 Å². The smallest absolute Gasteiger partial charge is 0.333 e. The molecule has 2 aromatic heterocycles. The Labute approximate surface area is 172 Å². The molecule has 1 amide bonds. The van der Waals surface area contributed by atoms with Crippen molar-refractivity contribution in [2.24, 2.45) is 7.05 Å². The molecule has 0 radical (unpaired) electrons. The van der Waals surface area contributed by atoms with Crippen LogP contribution >= 0.6 is 0 Å². The summed E-state index contributed by atoms with van der Waals surface area (Å²) in [6, 6.07) is 14.6. The van der Waals surface area contributed by atoms with E-state index in [2.05, 4.69) is 10.3 Å². The van der Waals surface area contributed by atoms with Gasteiger partial charge in [0.25, 0.3) is 11.5 Å². The van der Waals surface area contributed by atoms with Crippen molar-refractivity contribution >= 4 is 22.6 Å². The van der Waals surface area contributed by atoms with Crippen LogP contribution in [-0.4, -0.2) is 20.0 Å². The third-order valence-corrected chi connectivity index (χ3v) is 5.21. The molecule has 0 atom stereocenters. The van der Waals surface area contributed by atoms with E-state index in [-0.39, 0.29) is 22.5 Å². The summed E-state index contributed by atoms with van der Waals surface area (Å²) >= 11 is 0. The van der Waals surface area contributed by atoms with E-state index in [4.69, 9.17) is 0 Å². The fourth-order valence-electron chi connectivity index (χ4n) is 3.61. The van der Waals surface area contributed by atoms with Crippen molar-refractivity contribution in [2.45, 2.75) is 20.3 Å². The fourth-order valence-corrected chi connectivity index (χ4v) is 3.61. The van der Waals surface area contributed by atoms with Gasteiger partial charge in [0, 0.05) is 18.9 Å². The van der Waals surface area contributed by atoms with Gasteiger partial charge >= 0.3 is 5.69 Å². The first-order valence-electron chi connectivity index (χ1n) is 9.71. The van der Waals surface area contributed by atoms with Crippen LogP contribution in [0.3, 0.4) is 0 Å². The monoisotopic (exact) mass is 402 g/mol. The first kappa shape index (κ1) is 19.4. The Kier molecular flexibility index (Phi) is 4.87. The molecule has 30 heavy (non-hydrogen) atoms. The van der Waals surface area contributed by atoms with E-state index in [0.717, 1.165) is 22.1 Å². The lowest BCUT2D eigenvalue weighted by atomic mass is 10.1. The number of hydrogen-bond acceptors (Lipinski definition) is 3. The SMILES string of the molecule is CCc1ccccc1NC(=O)c1cn(C)c2c(=O)n(-c3ccc(C)cc3)c(=O)[nH]c12. The number of amides is 1. The second-order valence-corrected chi connectivity index (χ2v) is 7.25. The lowest BCUT2D eigenvalue weighted by Gasteiger charge is -2.09. The van der Waals surface area contributed by atoms with Gasteiger partial charge in [-0.25, -0.2) is 9.36 Å². The van der Waals surface area contributed by atoms with Gasteiger partial charge < -0.3 is 14.9 Å². The summed E-state index contributed by atoms with van der Waals surface area (Å²) in [4.78, 5) is 41.6. The molecule has 0 aliphatic heterocycles. The second-order valence-electron chi connectivity index (χ2n) is 7.25. The minimum absolute atomic E-state index is 0.224. The first-order chi connectivity index (χ1) is 14.4. The van der Waals surface area contributed by atoms with Crippen molar-refractivity contribution in [3.63, 3.8) is 0 Å². The van der Waals surface area contributed by atoms with Crippen LogP contribution in [0.15, 0.2) is 64.3 Å². The first-order valence-corrected chi connectivity index (χ1v) is 9.71. The minimum atomic E-state index is -0.592. The zero-order valence-corrected chi connectivity index (χ0v) is 17.0. The van der Waals surface area contributed by atoms with Crippen LogP contribution in [0.4, 0.5) is 5.69 Å². The van der Waals surface area contributed by atoms with Gasteiger partial charge in [0.1, 0.15) is 5.52 Å². The number of aromatic nitrogens is 3. The van der Waals surface area contributed by atoms with Gasteiger partial charge in [-0.1, -0.05) is 42.8 Å². The number of aryl methyl sites for hydroxylation is 3. The summed E-state index contributed by atoms with van der Waals surface area (Å²) in [5, 5.41) is 2.89. The second kappa shape index (κ2) is 7.51. The molecular weight excluding hydrogens is 380 g/mol. The quantitative estimate of drug-likeness (QED) is 0.550. The number of nitrogens with one attached hydrogen (secondary N) is 2. The molecule has 2 N–H and O–H groups in total. The normalized spacial score (nSPS) is 11.0. The topological polar surface area (TPSA) is 88.9 Å². The predicted octanol–water partition coefficient (Wildman–Crippen LogP) is 3.14. The number of carbonyl (C=O) groups excluding carboxylic acids is 1. The van der Waals surface area contributed by atoms with Crippen molar-refractivity contribution in [3.05, 3.63) is 92.3 Å². The van der Waals surface area contributed by atoms with Gasteiger partial charge in [0.05, 0.1) is 16.8 Å². The van der Waals surface area contributed by atoms with Crippen molar-refractivity contribution < 1.29 is 4.79 Å². The van der Waals surface area contributed by atoms with E-state index in [1.165, 1.54) is 0 Å². The summed E-state index contributed by atoms with van der Waals surface area (Å²) in [6.45, 7) is 3.94. The van der Waals surface area contributed by atoms with Crippen LogP contribution in [0.2, 0.25) is 0 Å². The highest BCUT2D eigenvalue weighted by molar-refractivity contribution is 6.12. The highest BCUT2D eigenvalue weighted by Gasteiger charge is 2.20. The van der Waals surface area contributed by atoms with E-state index >= 15 is 0 Å². The highest BCUT2D eigenvalue weighted by atomic mass is 16.2. The number of fused-ring (bicyclic) bond motifs is 1. The molecule has 0 fully saturated rings. The maximum absolute atomic E-state index is 13.1. The Balaban J connectivity index is 1.84. The summed E-state index contributed by atoms with van der Waals surface area (Å²) in [5.74, 6) is -0.385. The number of para-hydroxylation sites is 1. The molecule has 152 valence electrons. The van der Waals surface area contributed by atoms with Crippen molar-refractivity contribution in [3.8, 4) is 5.69 Å². The number of rotatable bonds is 4. The Morgan fingerprint density at radius 2 is 1.77 bits per heavy atom. The highest BCUT2D eigenvalue weighted by Crippen LogP contribution is 2.20. The van der Waals surface area contributed by atoms with Crippen LogP contribution < -0.4 is 16.6 Å². The van der Waals surface area contributed by atoms with E-state index in [1.54, 1.807) is 29.9 Å². The third-order valence-electron chi connectivity index (χ3n) is 5.21. The zero-order valence-electron chi connectivity index (χ0n) is 17.0. The van der Waals surface area contributed by atoms with Crippen molar-refractivity contribution in [1.29, 1.82) is 0 Å². The van der Waals surface area contributed by atoms with Crippen LogP contribution in [-0.2, 0) is 13.5 Å².